The molecule has 2 heteroatoms. The van der Waals surface area contributed by atoms with Gasteiger partial charge in [-0.05, 0) is 45.4 Å². The number of aromatic nitrogens is 1. The van der Waals surface area contributed by atoms with Gasteiger partial charge in [-0.2, -0.15) is 0 Å². The number of hydrogen-bond acceptors (Lipinski definition) is 2. The van der Waals surface area contributed by atoms with Gasteiger partial charge in [0.1, 0.15) is 0 Å². The highest BCUT2D eigenvalue weighted by atomic mass is 14.8. The predicted molar refractivity (Wildman–Crippen MR) is 50.9 cm³/mol. The summed E-state index contributed by atoms with van der Waals surface area (Å²) >= 11 is 0. The van der Waals surface area contributed by atoms with Gasteiger partial charge in [0.25, 0.3) is 0 Å². The Morgan fingerprint density at radius 1 is 1.25 bits per heavy atom. The second-order valence-electron chi connectivity index (χ2n) is 3.89. The monoisotopic (exact) mass is 164 g/mol. The number of nitrogens with zero attached hydrogens (tertiary/aromatic N) is 1. The molecule has 0 aromatic carbocycles. The van der Waals surface area contributed by atoms with Crippen molar-refractivity contribution in [2.45, 2.75) is 33.2 Å². The molecular formula is C10H16N2. The lowest BCUT2D eigenvalue weighted by Gasteiger charge is -2.18. The molecule has 1 aromatic rings. The summed E-state index contributed by atoms with van der Waals surface area (Å²) in [6, 6.07) is 4.09. The summed E-state index contributed by atoms with van der Waals surface area (Å²) in [5, 5.41) is 0. The van der Waals surface area contributed by atoms with Crippen molar-refractivity contribution in [1.82, 2.24) is 4.98 Å². The van der Waals surface area contributed by atoms with Gasteiger partial charge in [-0.15, -0.1) is 0 Å². The molecule has 0 aliphatic carbocycles. The molecule has 0 saturated carbocycles. The quantitative estimate of drug-likeness (QED) is 0.688. The lowest BCUT2D eigenvalue weighted by atomic mass is 10.00. The van der Waals surface area contributed by atoms with Gasteiger partial charge in [0, 0.05) is 5.69 Å². The minimum atomic E-state index is -0.337. The van der Waals surface area contributed by atoms with Gasteiger partial charge >= 0.3 is 0 Å². The highest BCUT2D eigenvalue weighted by Gasteiger charge is 2.15. The molecule has 0 bridgehead atoms. The van der Waals surface area contributed by atoms with E-state index in [2.05, 4.69) is 18.0 Å². The van der Waals surface area contributed by atoms with Gasteiger partial charge < -0.3 is 5.73 Å². The van der Waals surface area contributed by atoms with Crippen LogP contribution < -0.4 is 5.73 Å². The minimum absolute atomic E-state index is 0.337. The third-order valence-corrected chi connectivity index (χ3v) is 1.76. The van der Waals surface area contributed by atoms with E-state index in [-0.39, 0.29) is 5.54 Å². The summed E-state index contributed by atoms with van der Waals surface area (Å²) in [5.74, 6) is 0. The van der Waals surface area contributed by atoms with Crippen molar-refractivity contribution in [2.24, 2.45) is 5.73 Å². The molecule has 0 fully saturated rings. The summed E-state index contributed by atoms with van der Waals surface area (Å²) < 4.78 is 0. The molecule has 1 heterocycles. The van der Waals surface area contributed by atoms with Crippen LogP contribution in [0, 0.1) is 13.8 Å². The third-order valence-electron chi connectivity index (χ3n) is 1.76. The molecule has 0 radical (unpaired) electrons. The van der Waals surface area contributed by atoms with E-state index >= 15 is 0 Å². The lowest BCUT2D eigenvalue weighted by Crippen LogP contribution is -2.30. The van der Waals surface area contributed by atoms with Crippen LogP contribution in [0.25, 0.3) is 0 Å². The maximum atomic E-state index is 5.93. The standard InChI is InChI=1S/C10H16N2/c1-7-5-8(2)12-9(6-7)10(3,4)11/h5-6H,11H2,1-4H3. The van der Waals surface area contributed by atoms with E-state index in [1.807, 2.05) is 26.8 Å². The number of aryl methyl sites for hydroxylation is 2. The van der Waals surface area contributed by atoms with Crippen molar-refractivity contribution in [3.63, 3.8) is 0 Å². The molecule has 0 amide bonds. The first-order valence-corrected chi connectivity index (χ1v) is 4.14. The van der Waals surface area contributed by atoms with Gasteiger partial charge in [0.05, 0.1) is 11.2 Å². The second-order valence-corrected chi connectivity index (χ2v) is 3.89. The Bertz CT molecular complexity index is 264. The van der Waals surface area contributed by atoms with Gasteiger partial charge in [0.2, 0.25) is 0 Å². The normalized spacial score (nSPS) is 11.8. The molecule has 0 unspecified atom stereocenters. The zero-order valence-corrected chi connectivity index (χ0v) is 8.18. The van der Waals surface area contributed by atoms with Crippen LogP contribution in [-0.2, 0) is 5.54 Å². The van der Waals surface area contributed by atoms with Crippen molar-refractivity contribution in [1.29, 1.82) is 0 Å². The van der Waals surface area contributed by atoms with Crippen LogP contribution in [0.1, 0.15) is 30.8 Å². The van der Waals surface area contributed by atoms with Crippen molar-refractivity contribution in [3.8, 4) is 0 Å². The topological polar surface area (TPSA) is 38.9 Å². The molecule has 1 rings (SSSR count). The fraction of sp³-hybridized carbons (Fsp3) is 0.500. The Morgan fingerprint density at radius 2 is 1.83 bits per heavy atom. The molecule has 66 valence electrons. The summed E-state index contributed by atoms with van der Waals surface area (Å²) in [7, 11) is 0. The molecule has 0 spiro atoms. The second kappa shape index (κ2) is 2.87. The van der Waals surface area contributed by atoms with Crippen molar-refractivity contribution >= 4 is 0 Å². The molecule has 12 heavy (non-hydrogen) atoms. The number of rotatable bonds is 1. The Labute approximate surface area is 73.8 Å². The van der Waals surface area contributed by atoms with Gasteiger partial charge in [-0.1, -0.05) is 0 Å². The van der Waals surface area contributed by atoms with E-state index < -0.39 is 0 Å². The van der Waals surface area contributed by atoms with Crippen LogP contribution in [0.4, 0.5) is 0 Å². The zero-order chi connectivity index (χ0) is 9.35. The molecule has 2 N–H and O–H groups in total. The molecule has 0 aliphatic rings. The van der Waals surface area contributed by atoms with Crippen molar-refractivity contribution < 1.29 is 0 Å². The summed E-state index contributed by atoms with van der Waals surface area (Å²) in [6.07, 6.45) is 0. The van der Waals surface area contributed by atoms with Crippen LogP contribution in [-0.4, -0.2) is 4.98 Å². The van der Waals surface area contributed by atoms with E-state index in [1.54, 1.807) is 0 Å². The Hall–Kier alpha value is -0.890. The highest BCUT2D eigenvalue weighted by molar-refractivity contribution is 5.23. The third kappa shape index (κ3) is 2.05. The first-order chi connectivity index (χ1) is 5.39. The number of pyridine rings is 1. The van der Waals surface area contributed by atoms with E-state index in [0.717, 1.165) is 11.4 Å². The Kier molecular flexibility index (Phi) is 2.20. The molecule has 1 aromatic heterocycles. The van der Waals surface area contributed by atoms with E-state index in [1.165, 1.54) is 5.56 Å². The first kappa shape index (κ1) is 9.20. The summed E-state index contributed by atoms with van der Waals surface area (Å²) in [5.41, 5.74) is 8.80. The molecule has 2 nitrogen and oxygen atoms in total. The Balaban J connectivity index is 3.18. The fourth-order valence-corrected chi connectivity index (χ4v) is 1.17. The molecular weight excluding hydrogens is 148 g/mol. The van der Waals surface area contributed by atoms with Gasteiger partial charge in [-0.25, -0.2) is 0 Å². The van der Waals surface area contributed by atoms with Gasteiger partial charge in [-0.3, -0.25) is 4.98 Å². The van der Waals surface area contributed by atoms with Crippen molar-refractivity contribution in [3.05, 3.63) is 29.1 Å². The minimum Gasteiger partial charge on any atom is -0.321 e. The largest absolute Gasteiger partial charge is 0.321 e. The molecule has 0 atom stereocenters. The summed E-state index contributed by atoms with van der Waals surface area (Å²) in [4.78, 5) is 4.38. The SMILES string of the molecule is Cc1cc(C)nc(C(C)(C)N)c1. The van der Waals surface area contributed by atoms with Crippen LogP contribution in [0.5, 0.6) is 0 Å². The lowest BCUT2D eigenvalue weighted by molar-refractivity contribution is 0.533. The van der Waals surface area contributed by atoms with E-state index in [9.17, 15) is 0 Å². The number of hydrogen-bond donors (Lipinski definition) is 1. The summed E-state index contributed by atoms with van der Waals surface area (Å²) in [6.45, 7) is 7.98. The van der Waals surface area contributed by atoms with Crippen LogP contribution in [0.3, 0.4) is 0 Å². The van der Waals surface area contributed by atoms with Crippen molar-refractivity contribution in [2.75, 3.05) is 0 Å². The average molecular weight is 164 g/mol. The smallest absolute Gasteiger partial charge is 0.0602 e. The maximum Gasteiger partial charge on any atom is 0.0602 e. The first-order valence-electron chi connectivity index (χ1n) is 4.14. The molecule has 0 aliphatic heterocycles. The van der Waals surface area contributed by atoms with E-state index in [0.29, 0.717) is 0 Å². The van der Waals surface area contributed by atoms with Crippen LogP contribution >= 0.6 is 0 Å². The Morgan fingerprint density at radius 3 is 2.25 bits per heavy atom. The molecule has 0 saturated heterocycles. The maximum absolute atomic E-state index is 5.93. The zero-order valence-electron chi connectivity index (χ0n) is 8.18. The van der Waals surface area contributed by atoms with Crippen LogP contribution in [0.15, 0.2) is 12.1 Å². The highest BCUT2D eigenvalue weighted by Crippen LogP contribution is 2.15. The van der Waals surface area contributed by atoms with Gasteiger partial charge in [0.15, 0.2) is 0 Å². The average Bonchev–Trinajstić information content (AvgIpc) is 1.82. The predicted octanol–water partition coefficient (Wildman–Crippen LogP) is 1.89. The fourth-order valence-electron chi connectivity index (χ4n) is 1.17. The van der Waals surface area contributed by atoms with E-state index in [4.69, 9.17) is 5.73 Å². The number of nitrogens with two attached hydrogens (primary N) is 1. The van der Waals surface area contributed by atoms with Crippen LogP contribution in [0.2, 0.25) is 0 Å².